The van der Waals surface area contributed by atoms with Crippen molar-refractivity contribution in [3.63, 3.8) is 0 Å². The second kappa shape index (κ2) is 23.9. The van der Waals surface area contributed by atoms with E-state index in [0.29, 0.717) is 133 Å². The minimum Gasteiger partial charge on any atom is -0.495 e. The van der Waals surface area contributed by atoms with Crippen LogP contribution in [0.1, 0.15) is 30.1 Å². The zero-order valence-electron chi connectivity index (χ0n) is 28.9. The smallest absolute Gasteiger partial charge is 0.254 e. The van der Waals surface area contributed by atoms with E-state index >= 15 is 0 Å². The molecule has 0 spiro atoms. The molecule has 3 rings (SSSR count). The topological polar surface area (TPSA) is 155 Å². The lowest BCUT2D eigenvalue weighted by Crippen LogP contribution is -2.50. The number of aromatic nitrogens is 2. The molecule has 0 bridgehead atoms. The first-order valence-electron chi connectivity index (χ1n) is 16.7. The molecule has 15 nitrogen and oxygen atoms in total. The van der Waals surface area contributed by atoms with E-state index in [9.17, 15) is 9.59 Å². The standard InChI is InChI=1S/C33H51ClN6O9/c1-4-12-44-14-16-46-18-20-48-22-23-49-21-19-47-17-15-45-13-7-30(41)39-8-10-40(11-9-39)32(42)26-5-6-28(29(24-26)43-3)37-33-36-25-27(34)31(35-2)38-33/h5-6,24-25H,4,7-23H2,1-3H3,(H2,35,36,37,38). The molecule has 1 aromatic carbocycles. The van der Waals surface area contributed by atoms with Gasteiger partial charge in [0.2, 0.25) is 11.9 Å². The summed E-state index contributed by atoms with van der Waals surface area (Å²) in [5.41, 5.74) is 1.08. The Morgan fingerprint density at radius 3 is 1.86 bits per heavy atom. The molecule has 0 aliphatic carbocycles. The normalized spacial score (nSPS) is 13.1. The number of hydrogen-bond acceptors (Lipinski definition) is 13. The van der Waals surface area contributed by atoms with Gasteiger partial charge in [0.25, 0.3) is 5.91 Å². The number of nitrogens with one attached hydrogen (secondary N) is 2. The molecule has 1 saturated heterocycles. The highest BCUT2D eigenvalue weighted by Crippen LogP contribution is 2.29. The summed E-state index contributed by atoms with van der Waals surface area (Å²) in [5.74, 6) is 1.14. The van der Waals surface area contributed by atoms with Crippen LogP contribution >= 0.6 is 11.6 Å². The van der Waals surface area contributed by atoms with E-state index in [4.69, 9.17) is 44.8 Å². The van der Waals surface area contributed by atoms with Crippen LogP contribution in [-0.2, 0) is 33.2 Å². The number of amides is 2. The van der Waals surface area contributed by atoms with Crippen LogP contribution in [0.4, 0.5) is 17.5 Å². The summed E-state index contributed by atoms with van der Waals surface area (Å²) < 4.78 is 38.3. The highest BCUT2D eigenvalue weighted by atomic mass is 35.5. The lowest BCUT2D eigenvalue weighted by Gasteiger charge is -2.35. The summed E-state index contributed by atoms with van der Waals surface area (Å²) in [7, 11) is 3.24. The summed E-state index contributed by atoms with van der Waals surface area (Å²) in [6.45, 7) is 9.90. The third kappa shape index (κ3) is 15.0. The Kier molecular flexibility index (Phi) is 19.6. The molecule has 16 heteroatoms. The van der Waals surface area contributed by atoms with Gasteiger partial charge in [0.1, 0.15) is 16.6 Å². The monoisotopic (exact) mass is 710 g/mol. The van der Waals surface area contributed by atoms with Crippen LogP contribution in [0.15, 0.2) is 24.4 Å². The van der Waals surface area contributed by atoms with Gasteiger partial charge in [-0.05, 0) is 24.6 Å². The zero-order valence-corrected chi connectivity index (χ0v) is 29.6. The minimum atomic E-state index is -0.135. The Morgan fingerprint density at radius 1 is 0.796 bits per heavy atom. The second-order valence-corrected chi connectivity index (χ2v) is 11.2. The second-order valence-electron chi connectivity index (χ2n) is 10.8. The fourth-order valence-electron chi connectivity index (χ4n) is 4.66. The van der Waals surface area contributed by atoms with Crippen molar-refractivity contribution in [3.8, 4) is 5.75 Å². The minimum absolute atomic E-state index is 0.000801. The van der Waals surface area contributed by atoms with Crippen molar-refractivity contribution in [2.24, 2.45) is 0 Å². The van der Waals surface area contributed by atoms with Crippen molar-refractivity contribution < 1.29 is 42.7 Å². The van der Waals surface area contributed by atoms with E-state index in [-0.39, 0.29) is 18.2 Å². The van der Waals surface area contributed by atoms with Crippen LogP contribution in [-0.4, -0.2) is 151 Å². The number of anilines is 3. The molecule has 49 heavy (non-hydrogen) atoms. The van der Waals surface area contributed by atoms with E-state index in [1.54, 1.807) is 35.0 Å². The number of rotatable bonds is 25. The van der Waals surface area contributed by atoms with Gasteiger partial charge < -0.3 is 53.6 Å². The van der Waals surface area contributed by atoms with Gasteiger partial charge in [0, 0.05) is 45.4 Å². The molecule has 1 aliphatic heterocycles. The van der Waals surface area contributed by atoms with Crippen molar-refractivity contribution in [1.82, 2.24) is 19.8 Å². The van der Waals surface area contributed by atoms with E-state index < -0.39 is 0 Å². The number of carbonyl (C=O) groups excluding carboxylic acids is 2. The van der Waals surface area contributed by atoms with Gasteiger partial charge in [-0.2, -0.15) is 4.98 Å². The van der Waals surface area contributed by atoms with Gasteiger partial charge >= 0.3 is 0 Å². The summed E-state index contributed by atoms with van der Waals surface area (Å²) in [6, 6.07) is 5.13. The van der Waals surface area contributed by atoms with Gasteiger partial charge in [-0.1, -0.05) is 18.5 Å². The first-order chi connectivity index (χ1) is 24.0. The quantitative estimate of drug-likeness (QED) is 0.145. The van der Waals surface area contributed by atoms with Crippen molar-refractivity contribution in [1.29, 1.82) is 0 Å². The van der Waals surface area contributed by atoms with Gasteiger partial charge in [0.05, 0.1) is 98.1 Å². The third-order valence-corrected chi connectivity index (χ3v) is 7.54. The molecule has 0 unspecified atom stereocenters. The van der Waals surface area contributed by atoms with Gasteiger partial charge in [0.15, 0.2) is 0 Å². The Morgan fingerprint density at radius 2 is 1.33 bits per heavy atom. The van der Waals surface area contributed by atoms with Crippen LogP contribution < -0.4 is 15.4 Å². The van der Waals surface area contributed by atoms with Crippen LogP contribution in [0.3, 0.4) is 0 Å². The molecule has 2 aromatic rings. The Bertz CT molecular complexity index is 1250. The highest BCUT2D eigenvalue weighted by Gasteiger charge is 2.25. The first kappa shape index (κ1) is 40.1. The lowest BCUT2D eigenvalue weighted by molar-refractivity contribution is -0.134. The SMILES string of the molecule is CCCOCCOCCOCCOCCOCCOCCC(=O)N1CCN(C(=O)c2ccc(Nc3ncc(Cl)c(NC)n3)c(OC)c2)CC1. The maximum atomic E-state index is 13.2. The number of ether oxygens (including phenoxy) is 7. The number of carbonyl (C=O) groups is 2. The first-order valence-corrected chi connectivity index (χ1v) is 17.0. The predicted octanol–water partition coefficient (Wildman–Crippen LogP) is 3.11. The predicted molar refractivity (Wildman–Crippen MR) is 185 cm³/mol. The molecular weight excluding hydrogens is 660 g/mol. The van der Waals surface area contributed by atoms with E-state index in [2.05, 4.69) is 27.5 Å². The number of hydrogen-bond donors (Lipinski definition) is 2. The summed E-state index contributed by atoms with van der Waals surface area (Å²) >= 11 is 6.07. The number of nitrogens with zero attached hydrogens (tertiary/aromatic N) is 4. The zero-order chi connectivity index (χ0) is 35.1. The van der Waals surface area contributed by atoms with Crippen LogP contribution in [0.5, 0.6) is 5.75 Å². The van der Waals surface area contributed by atoms with Crippen molar-refractivity contribution >= 4 is 40.9 Å². The molecule has 0 saturated carbocycles. The maximum absolute atomic E-state index is 13.2. The Labute approximate surface area is 293 Å². The lowest BCUT2D eigenvalue weighted by atomic mass is 10.1. The van der Waals surface area contributed by atoms with E-state index in [0.717, 1.165) is 13.0 Å². The molecule has 274 valence electrons. The largest absolute Gasteiger partial charge is 0.495 e. The van der Waals surface area contributed by atoms with E-state index in [1.807, 2.05) is 0 Å². The average molecular weight is 711 g/mol. The molecule has 0 radical (unpaired) electrons. The fourth-order valence-corrected chi connectivity index (χ4v) is 4.84. The highest BCUT2D eigenvalue weighted by molar-refractivity contribution is 6.32. The Hall–Kier alpha value is -3.31. The van der Waals surface area contributed by atoms with Gasteiger partial charge in [-0.25, -0.2) is 4.98 Å². The van der Waals surface area contributed by atoms with Crippen LogP contribution in [0, 0.1) is 0 Å². The van der Waals surface area contributed by atoms with Crippen molar-refractivity contribution in [2.45, 2.75) is 19.8 Å². The van der Waals surface area contributed by atoms with Crippen molar-refractivity contribution in [3.05, 3.63) is 35.0 Å². The molecule has 2 heterocycles. The molecular formula is C33H51ClN6O9. The number of halogens is 1. The molecule has 1 aromatic heterocycles. The van der Waals surface area contributed by atoms with Gasteiger partial charge in [-0.3, -0.25) is 9.59 Å². The third-order valence-electron chi connectivity index (χ3n) is 7.26. The molecule has 2 N–H and O–H groups in total. The number of methoxy groups -OCH3 is 1. The number of piperazine rings is 1. The Balaban J connectivity index is 1.21. The van der Waals surface area contributed by atoms with Crippen molar-refractivity contribution in [2.75, 3.05) is 130 Å². The summed E-state index contributed by atoms with van der Waals surface area (Å²) in [5, 5.41) is 6.40. The maximum Gasteiger partial charge on any atom is 0.254 e. The van der Waals surface area contributed by atoms with Crippen LogP contribution in [0.25, 0.3) is 0 Å². The summed E-state index contributed by atoms with van der Waals surface area (Å²) in [4.78, 5) is 37.9. The molecule has 2 amide bonds. The number of benzene rings is 1. The van der Waals surface area contributed by atoms with E-state index in [1.165, 1.54) is 13.3 Å². The van der Waals surface area contributed by atoms with Gasteiger partial charge in [-0.15, -0.1) is 0 Å². The fraction of sp³-hybridized carbons (Fsp3) is 0.636. The summed E-state index contributed by atoms with van der Waals surface area (Å²) in [6.07, 6.45) is 2.77. The molecule has 0 atom stereocenters. The molecule has 1 aliphatic rings. The van der Waals surface area contributed by atoms with Crippen LogP contribution in [0.2, 0.25) is 5.02 Å². The molecule has 1 fully saturated rings. The average Bonchev–Trinajstić information content (AvgIpc) is 3.13.